The summed E-state index contributed by atoms with van der Waals surface area (Å²) in [6.45, 7) is 4.00. The van der Waals surface area contributed by atoms with Gasteiger partial charge in [0.05, 0.1) is 18.9 Å². The zero-order chi connectivity index (χ0) is 18.7. The van der Waals surface area contributed by atoms with Gasteiger partial charge in [-0.15, -0.1) is 11.8 Å². The van der Waals surface area contributed by atoms with E-state index in [1.54, 1.807) is 6.92 Å². The molecule has 6 heteroatoms. The van der Waals surface area contributed by atoms with Crippen molar-refractivity contribution in [1.29, 1.82) is 0 Å². The molecule has 3 atom stereocenters. The van der Waals surface area contributed by atoms with E-state index in [1.165, 1.54) is 11.8 Å². The molecule has 0 saturated heterocycles. The maximum atomic E-state index is 12.1. The number of carbonyl (C=O) groups excluding carboxylic acids is 1. The van der Waals surface area contributed by atoms with E-state index < -0.39 is 17.9 Å². The Balaban J connectivity index is 2.05. The highest BCUT2D eigenvalue weighted by molar-refractivity contribution is 7.99. The molecule has 3 rings (SSSR count). The number of ether oxygens (including phenoxy) is 1. The lowest BCUT2D eigenvalue weighted by molar-refractivity contribution is -0.527. The van der Waals surface area contributed by atoms with Gasteiger partial charge in [-0.3, -0.25) is 14.9 Å². The van der Waals surface area contributed by atoms with Gasteiger partial charge in [0, 0.05) is 9.82 Å². The van der Waals surface area contributed by atoms with Crippen LogP contribution in [0.1, 0.15) is 41.2 Å². The van der Waals surface area contributed by atoms with Crippen molar-refractivity contribution in [3.63, 3.8) is 0 Å². The molecule has 2 aromatic carbocycles. The number of rotatable bonds is 5. The first-order valence-electron chi connectivity index (χ1n) is 8.62. The predicted molar refractivity (Wildman–Crippen MR) is 101 cm³/mol. The number of hydrogen-bond donors (Lipinski definition) is 0. The minimum absolute atomic E-state index is 0.0133. The van der Waals surface area contributed by atoms with Gasteiger partial charge in [0.1, 0.15) is 5.25 Å². The van der Waals surface area contributed by atoms with Crippen LogP contribution in [-0.4, -0.2) is 23.5 Å². The van der Waals surface area contributed by atoms with Crippen molar-refractivity contribution in [2.45, 2.75) is 42.4 Å². The van der Waals surface area contributed by atoms with Crippen molar-refractivity contribution in [2.24, 2.45) is 0 Å². The lowest BCUT2D eigenvalue weighted by atomic mass is 9.84. The number of aryl methyl sites for hydroxylation is 1. The summed E-state index contributed by atoms with van der Waals surface area (Å²) in [5.74, 6) is -0.901. The van der Waals surface area contributed by atoms with Crippen molar-refractivity contribution in [2.75, 3.05) is 6.61 Å². The summed E-state index contributed by atoms with van der Waals surface area (Å²) in [7, 11) is 0. The molecule has 0 saturated carbocycles. The van der Waals surface area contributed by atoms with Crippen molar-refractivity contribution in [1.82, 2.24) is 0 Å². The third kappa shape index (κ3) is 3.75. The highest BCUT2D eigenvalue weighted by Crippen LogP contribution is 2.51. The standard InChI is InChI=1S/C20H21NO4S/c1-3-25-18(22)12-16-15-6-4-5-7-17(15)26-20(19(16)21(23)24)14-10-8-13(2)9-11-14/h4-11,16,19-20H,3,12H2,1-2H3/t16-,19-,20+/m0/s1. The molecular formula is C20H21NO4S. The number of nitrogens with zero attached hydrogens (tertiary/aromatic N) is 1. The smallest absolute Gasteiger partial charge is 0.306 e. The van der Waals surface area contributed by atoms with Gasteiger partial charge in [-0.25, -0.2) is 0 Å². The van der Waals surface area contributed by atoms with Crippen LogP contribution in [0.3, 0.4) is 0 Å². The fourth-order valence-electron chi connectivity index (χ4n) is 3.40. The highest BCUT2D eigenvalue weighted by atomic mass is 32.2. The summed E-state index contributed by atoms with van der Waals surface area (Å²) in [4.78, 5) is 24.9. The molecule has 0 bridgehead atoms. The second-order valence-electron chi connectivity index (χ2n) is 6.38. The van der Waals surface area contributed by atoms with E-state index in [0.29, 0.717) is 0 Å². The average molecular weight is 371 g/mol. The Morgan fingerprint density at radius 3 is 2.54 bits per heavy atom. The summed E-state index contributed by atoms with van der Waals surface area (Å²) >= 11 is 1.50. The SMILES string of the molecule is CCOC(=O)C[C@H]1c2ccccc2S[C@H](c2ccc(C)cc2)[C@H]1[N+](=O)[O-]. The van der Waals surface area contributed by atoms with Gasteiger partial charge < -0.3 is 4.74 Å². The molecule has 0 fully saturated rings. The number of benzene rings is 2. The van der Waals surface area contributed by atoms with E-state index in [4.69, 9.17) is 4.74 Å². The molecule has 0 aliphatic carbocycles. The average Bonchev–Trinajstić information content (AvgIpc) is 2.62. The molecule has 0 radical (unpaired) electrons. The van der Waals surface area contributed by atoms with Crippen LogP contribution in [-0.2, 0) is 9.53 Å². The van der Waals surface area contributed by atoms with Crippen LogP contribution in [0.2, 0.25) is 0 Å². The van der Waals surface area contributed by atoms with Gasteiger partial charge in [0.15, 0.2) is 0 Å². The Morgan fingerprint density at radius 1 is 1.19 bits per heavy atom. The second kappa shape index (κ2) is 7.91. The number of carbonyl (C=O) groups is 1. The number of fused-ring (bicyclic) bond motifs is 1. The largest absolute Gasteiger partial charge is 0.466 e. The zero-order valence-electron chi connectivity index (χ0n) is 14.8. The van der Waals surface area contributed by atoms with Crippen LogP contribution in [0, 0.1) is 17.0 Å². The van der Waals surface area contributed by atoms with Crippen molar-refractivity contribution in [3.8, 4) is 0 Å². The van der Waals surface area contributed by atoms with Crippen LogP contribution >= 0.6 is 11.8 Å². The monoisotopic (exact) mass is 371 g/mol. The molecule has 0 spiro atoms. The Labute approximate surface area is 156 Å². The molecule has 2 aromatic rings. The van der Waals surface area contributed by atoms with E-state index >= 15 is 0 Å². The van der Waals surface area contributed by atoms with Gasteiger partial charge in [-0.2, -0.15) is 0 Å². The minimum Gasteiger partial charge on any atom is -0.466 e. The molecule has 0 unspecified atom stereocenters. The van der Waals surface area contributed by atoms with Crippen molar-refractivity contribution in [3.05, 3.63) is 75.3 Å². The van der Waals surface area contributed by atoms with Gasteiger partial charge in [-0.1, -0.05) is 48.0 Å². The summed E-state index contributed by atoms with van der Waals surface area (Å²) in [6.07, 6.45) is 0.0133. The van der Waals surface area contributed by atoms with Crippen LogP contribution in [0.5, 0.6) is 0 Å². The molecule has 1 heterocycles. The molecule has 0 amide bonds. The molecule has 1 aliphatic rings. The number of esters is 1. The fraction of sp³-hybridized carbons (Fsp3) is 0.350. The molecule has 0 aromatic heterocycles. The van der Waals surface area contributed by atoms with E-state index in [2.05, 4.69) is 0 Å². The maximum absolute atomic E-state index is 12.1. The topological polar surface area (TPSA) is 69.4 Å². The minimum atomic E-state index is -0.887. The van der Waals surface area contributed by atoms with Crippen molar-refractivity contribution >= 4 is 17.7 Å². The maximum Gasteiger partial charge on any atom is 0.306 e. The Morgan fingerprint density at radius 2 is 1.88 bits per heavy atom. The molecule has 1 aliphatic heterocycles. The molecule has 0 N–H and O–H groups in total. The van der Waals surface area contributed by atoms with E-state index in [9.17, 15) is 14.9 Å². The van der Waals surface area contributed by atoms with Crippen LogP contribution in [0.4, 0.5) is 0 Å². The highest BCUT2D eigenvalue weighted by Gasteiger charge is 2.47. The number of thioether (sulfide) groups is 1. The zero-order valence-corrected chi connectivity index (χ0v) is 15.6. The van der Waals surface area contributed by atoms with E-state index in [0.717, 1.165) is 21.6 Å². The molecule has 5 nitrogen and oxygen atoms in total. The molecule has 26 heavy (non-hydrogen) atoms. The van der Waals surface area contributed by atoms with E-state index in [-0.39, 0.29) is 23.2 Å². The van der Waals surface area contributed by atoms with Crippen LogP contribution < -0.4 is 0 Å². The first-order chi connectivity index (χ1) is 12.5. The Kier molecular flexibility index (Phi) is 5.61. The Bertz CT molecular complexity index is 806. The first-order valence-corrected chi connectivity index (χ1v) is 9.50. The summed E-state index contributed by atoms with van der Waals surface area (Å²) in [6, 6.07) is 14.6. The number of nitro groups is 1. The number of hydrogen-bond acceptors (Lipinski definition) is 5. The predicted octanol–water partition coefficient (Wildman–Crippen LogP) is 4.52. The third-order valence-electron chi connectivity index (χ3n) is 4.64. The van der Waals surface area contributed by atoms with Crippen LogP contribution in [0.25, 0.3) is 0 Å². The summed E-state index contributed by atoms with van der Waals surface area (Å²) in [5, 5.41) is 11.7. The van der Waals surface area contributed by atoms with Gasteiger partial charge >= 0.3 is 5.97 Å². The summed E-state index contributed by atoms with van der Waals surface area (Å²) < 4.78 is 5.08. The lowest BCUT2D eigenvalue weighted by Gasteiger charge is -2.33. The normalized spacial score (nSPS) is 21.7. The van der Waals surface area contributed by atoms with Crippen LogP contribution in [0.15, 0.2) is 53.4 Å². The lowest BCUT2D eigenvalue weighted by Crippen LogP contribution is -2.37. The molecule has 136 valence electrons. The van der Waals surface area contributed by atoms with Gasteiger partial charge in [0.2, 0.25) is 6.04 Å². The third-order valence-corrected chi connectivity index (χ3v) is 6.07. The quantitative estimate of drug-likeness (QED) is 0.439. The second-order valence-corrected chi connectivity index (χ2v) is 7.56. The summed E-state index contributed by atoms with van der Waals surface area (Å²) in [5.41, 5.74) is 2.87. The first kappa shape index (κ1) is 18.5. The Hall–Kier alpha value is -2.34. The van der Waals surface area contributed by atoms with Gasteiger partial charge in [0.25, 0.3) is 0 Å². The fourth-order valence-corrected chi connectivity index (χ4v) is 4.91. The molecular weight excluding hydrogens is 350 g/mol. The van der Waals surface area contributed by atoms with Gasteiger partial charge in [-0.05, 0) is 31.0 Å². The van der Waals surface area contributed by atoms with E-state index in [1.807, 2.05) is 55.5 Å². The van der Waals surface area contributed by atoms with Crippen molar-refractivity contribution < 1.29 is 14.5 Å².